The lowest BCUT2D eigenvalue weighted by Crippen LogP contribution is -2.27. The van der Waals surface area contributed by atoms with E-state index < -0.39 is 11.9 Å². The minimum Gasteiger partial charge on any atom is -0.349 e. The van der Waals surface area contributed by atoms with Gasteiger partial charge in [0.1, 0.15) is 12.1 Å². The maximum atomic E-state index is 13.3. The van der Waals surface area contributed by atoms with Crippen molar-refractivity contribution < 1.29 is 13.2 Å². The zero-order chi connectivity index (χ0) is 18.6. The second kappa shape index (κ2) is 5.68. The minimum atomic E-state index is -4.54. The lowest BCUT2D eigenvalue weighted by molar-refractivity contribution is -0.141. The van der Waals surface area contributed by atoms with Gasteiger partial charge in [-0.2, -0.15) is 32.9 Å². The van der Waals surface area contributed by atoms with Gasteiger partial charge in [-0.1, -0.05) is 0 Å². The molecule has 1 saturated heterocycles. The van der Waals surface area contributed by atoms with Gasteiger partial charge < -0.3 is 4.90 Å². The average Bonchev–Trinajstić information content (AvgIpc) is 3.26. The van der Waals surface area contributed by atoms with Crippen molar-refractivity contribution in [3.05, 3.63) is 35.0 Å². The molecule has 4 heterocycles. The molecule has 0 amide bonds. The van der Waals surface area contributed by atoms with E-state index in [1.807, 2.05) is 25.8 Å². The Bertz CT molecular complexity index is 972. The molecule has 0 bridgehead atoms. The summed E-state index contributed by atoms with van der Waals surface area (Å²) >= 11 is 0. The average molecular weight is 365 g/mol. The first-order valence-corrected chi connectivity index (χ1v) is 8.32. The van der Waals surface area contributed by atoms with Gasteiger partial charge in [-0.3, -0.25) is 4.68 Å². The molecular formula is C16H18F3N7. The van der Waals surface area contributed by atoms with Gasteiger partial charge in [0.25, 0.3) is 5.78 Å². The summed E-state index contributed by atoms with van der Waals surface area (Å²) < 4.78 is 43.0. The van der Waals surface area contributed by atoms with Gasteiger partial charge in [0, 0.05) is 30.9 Å². The van der Waals surface area contributed by atoms with Crippen LogP contribution in [0.15, 0.2) is 12.4 Å². The van der Waals surface area contributed by atoms with Gasteiger partial charge in [0.05, 0.1) is 11.7 Å². The molecule has 3 aromatic heterocycles. The Morgan fingerprint density at radius 3 is 2.65 bits per heavy atom. The third kappa shape index (κ3) is 2.51. The first-order valence-electron chi connectivity index (χ1n) is 8.32. The summed E-state index contributed by atoms with van der Waals surface area (Å²) in [4.78, 5) is 9.41. The van der Waals surface area contributed by atoms with Crippen molar-refractivity contribution >= 4 is 11.6 Å². The Morgan fingerprint density at radius 1 is 1.23 bits per heavy atom. The first kappa shape index (κ1) is 16.8. The van der Waals surface area contributed by atoms with Crippen LogP contribution in [0, 0.1) is 13.8 Å². The third-order valence-electron chi connectivity index (χ3n) is 4.97. The fourth-order valence-corrected chi connectivity index (χ4v) is 3.76. The number of aromatic nitrogens is 6. The maximum absolute atomic E-state index is 13.3. The van der Waals surface area contributed by atoms with Crippen molar-refractivity contribution in [3.63, 3.8) is 0 Å². The predicted molar refractivity (Wildman–Crippen MR) is 87.8 cm³/mol. The Hall–Kier alpha value is -2.65. The van der Waals surface area contributed by atoms with Crippen molar-refractivity contribution in [2.24, 2.45) is 7.05 Å². The lowest BCUT2D eigenvalue weighted by Gasteiger charge is -2.28. The van der Waals surface area contributed by atoms with E-state index in [-0.39, 0.29) is 11.8 Å². The molecule has 3 aromatic rings. The van der Waals surface area contributed by atoms with Crippen LogP contribution in [0.25, 0.3) is 5.78 Å². The van der Waals surface area contributed by atoms with Gasteiger partial charge in [-0.15, -0.1) is 0 Å². The molecule has 1 atom stereocenters. The number of nitrogens with zero attached hydrogens (tertiary/aromatic N) is 7. The molecule has 0 saturated carbocycles. The molecule has 0 aromatic carbocycles. The Balaban J connectivity index is 1.87. The number of rotatable bonds is 2. The fraction of sp³-hybridized carbons (Fsp3) is 0.500. The topological polar surface area (TPSA) is 64.1 Å². The third-order valence-corrected chi connectivity index (χ3v) is 4.97. The number of aryl methyl sites for hydroxylation is 2. The number of hydrogen-bond donors (Lipinski definition) is 0. The predicted octanol–water partition coefficient (Wildman–Crippen LogP) is 2.83. The zero-order valence-corrected chi connectivity index (χ0v) is 14.6. The van der Waals surface area contributed by atoms with E-state index in [0.717, 1.165) is 35.9 Å². The SMILES string of the molecule is Cc1nn(C)c(C)c1C1CCCN1c1cc(C(F)(F)F)nc2ncnn12. The monoisotopic (exact) mass is 365 g/mol. The first-order chi connectivity index (χ1) is 12.3. The lowest BCUT2D eigenvalue weighted by atomic mass is 10.0. The van der Waals surface area contributed by atoms with E-state index in [4.69, 9.17) is 0 Å². The molecule has 0 radical (unpaired) electrons. The van der Waals surface area contributed by atoms with E-state index >= 15 is 0 Å². The number of hydrogen-bond acceptors (Lipinski definition) is 5. The largest absolute Gasteiger partial charge is 0.433 e. The van der Waals surface area contributed by atoms with Crippen molar-refractivity contribution in [2.45, 2.75) is 38.9 Å². The van der Waals surface area contributed by atoms with Crippen molar-refractivity contribution in [1.82, 2.24) is 29.4 Å². The van der Waals surface area contributed by atoms with Crippen molar-refractivity contribution in [1.29, 1.82) is 0 Å². The molecule has 7 nitrogen and oxygen atoms in total. The second-order valence-electron chi connectivity index (χ2n) is 6.53. The highest BCUT2D eigenvalue weighted by Crippen LogP contribution is 2.40. The quantitative estimate of drug-likeness (QED) is 0.699. The normalized spacial score (nSPS) is 18.2. The Kier molecular flexibility index (Phi) is 3.67. The molecule has 10 heteroatoms. The summed E-state index contributed by atoms with van der Waals surface area (Å²) in [7, 11) is 1.87. The standard InChI is InChI=1S/C16H18F3N7/c1-9-14(10(2)24(3)23-9)11-5-4-6-25(11)13-7-12(16(17,18)19)22-15-20-8-21-26(13)15/h7-8,11H,4-6H2,1-3H3. The van der Waals surface area contributed by atoms with Gasteiger partial charge in [-0.25, -0.2) is 4.98 Å². The van der Waals surface area contributed by atoms with Crippen LogP contribution in [0.4, 0.5) is 19.0 Å². The van der Waals surface area contributed by atoms with Gasteiger partial charge in [0.2, 0.25) is 0 Å². The number of halogens is 3. The smallest absolute Gasteiger partial charge is 0.349 e. The van der Waals surface area contributed by atoms with Crippen LogP contribution in [0.2, 0.25) is 0 Å². The molecule has 0 N–H and O–H groups in total. The van der Waals surface area contributed by atoms with Gasteiger partial charge >= 0.3 is 6.18 Å². The summed E-state index contributed by atoms with van der Waals surface area (Å²) in [5.41, 5.74) is 2.00. The molecule has 1 unspecified atom stereocenters. The number of fused-ring (bicyclic) bond motifs is 1. The Morgan fingerprint density at radius 2 is 2.00 bits per heavy atom. The van der Waals surface area contributed by atoms with Crippen LogP contribution in [0.1, 0.15) is 41.5 Å². The van der Waals surface area contributed by atoms with Crippen LogP contribution in [0.3, 0.4) is 0 Å². The summed E-state index contributed by atoms with van der Waals surface area (Å²) in [5, 5.41) is 8.53. The van der Waals surface area contributed by atoms with Crippen LogP contribution < -0.4 is 4.90 Å². The van der Waals surface area contributed by atoms with E-state index in [0.29, 0.717) is 12.4 Å². The summed E-state index contributed by atoms with van der Waals surface area (Å²) in [6, 6.07) is 1.00. The van der Waals surface area contributed by atoms with Crippen LogP contribution >= 0.6 is 0 Å². The highest BCUT2D eigenvalue weighted by Gasteiger charge is 2.37. The highest BCUT2D eigenvalue weighted by molar-refractivity contribution is 5.51. The van der Waals surface area contributed by atoms with Gasteiger partial charge in [0.15, 0.2) is 5.69 Å². The minimum absolute atomic E-state index is 0.0555. The molecule has 1 fully saturated rings. The molecule has 0 aliphatic carbocycles. The van der Waals surface area contributed by atoms with Gasteiger partial charge in [-0.05, 0) is 26.7 Å². The summed E-state index contributed by atoms with van der Waals surface area (Å²) in [6.07, 6.45) is -1.61. The van der Waals surface area contributed by atoms with Crippen LogP contribution in [0.5, 0.6) is 0 Å². The molecule has 4 rings (SSSR count). The molecular weight excluding hydrogens is 347 g/mol. The van der Waals surface area contributed by atoms with E-state index in [1.54, 1.807) is 4.68 Å². The summed E-state index contributed by atoms with van der Waals surface area (Å²) in [5.74, 6) is 0.296. The van der Waals surface area contributed by atoms with Crippen molar-refractivity contribution in [3.8, 4) is 0 Å². The molecule has 138 valence electrons. The maximum Gasteiger partial charge on any atom is 0.433 e. The van der Waals surface area contributed by atoms with E-state index in [2.05, 4.69) is 20.2 Å². The van der Waals surface area contributed by atoms with Crippen molar-refractivity contribution in [2.75, 3.05) is 11.4 Å². The second-order valence-corrected chi connectivity index (χ2v) is 6.53. The number of anilines is 1. The molecule has 0 spiro atoms. The van der Waals surface area contributed by atoms with Crippen LogP contribution in [-0.2, 0) is 13.2 Å². The fourth-order valence-electron chi connectivity index (χ4n) is 3.76. The van der Waals surface area contributed by atoms with Crippen LogP contribution in [-0.4, -0.2) is 35.9 Å². The summed E-state index contributed by atoms with van der Waals surface area (Å²) in [6.45, 7) is 4.54. The Labute approximate surface area is 147 Å². The highest BCUT2D eigenvalue weighted by atomic mass is 19.4. The van der Waals surface area contributed by atoms with E-state index in [1.165, 1.54) is 10.8 Å². The molecule has 1 aliphatic rings. The molecule has 1 aliphatic heterocycles. The molecule has 26 heavy (non-hydrogen) atoms. The van der Waals surface area contributed by atoms with E-state index in [9.17, 15) is 13.2 Å². The number of alkyl halides is 3. The zero-order valence-electron chi connectivity index (χ0n) is 14.6.